The number of nitrogens with zero attached hydrogens (tertiary/aromatic N) is 1. The Labute approximate surface area is 74.3 Å². The van der Waals surface area contributed by atoms with Gasteiger partial charge in [-0.25, -0.2) is 0 Å². The average molecular weight is 167 g/mol. The van der Waals surface area contributed by atoms with E-state index >= 15 is 0 Å². The van der Waals surface area contributed by atoms with Crippen LogP contribution in [0.2, 0.25) is 0 Å². The normalized spacial score (nSPS) is 11.8. The number of nitrogens with two attached hydrogens (primary N) is 1. The van der Waals surface area contributed by atoms with E-state index in [-0.39, 0.29) is 0 Å². The molecule has 0 aliphatic heterocycles. The van der Waals surface area contributed by atoms with Crippen LogP contribution in [0.1, 0.15) is 33.1 Å². The molecule has 3 N–H and O–H groups in total. The van der Waals surface area contributed by atoms with Crippen LogP contribution >= 0.6 is 0 Å². The Balaban J connectivity index is 3.90. The van der Waals surface area contributed by atoms with Crippen molar-refractivity contribution in [3.63, 3.8) is 0 Å². The SMILES string of the molecule is CCCCN/C(N)=C(/C#N)CC. The van der Waals surface area contributed by atoms with Gasteiger partial charge in [0.25, 0.3) is 0 Å². The lowest BCUT2D eigenvalue weighted by Gasteiger charge is -2.06. The van der Waals surface area contributed by atoms with E-state index in [2.05, 4.69) is 18.3 Å². The summed E-state index contributed by atoms with van der Waals surface area (Å²) in [7, 11) is 0. The van der Waals surface area contributed by atoms with Gasteiger partial charge in [0, 0.05) is 6.54 Å². The largest absolute Gasteiger partial charge is 0.385 e. The van der Waals surface area contributed by atoms with Gasteiger partial charge in [0.05, 0.1) is 11.6 Å². The Morgan fingerprint density at radius 2 is 2.17 bits per heavy atom. The number of unbranched alkanes of at least 4 members (excludes halogenated alkanes) is 1. The quantitative estimate of drug-likeness (QED) is 0.481. The highest BCUT2D eigenvalue weighted by molar-refractivity contribution is 5.24. The highest BCUT2D eigenvalue weighted by atomic mass is 15.0. The molecule has 3 nitrogen and oxygen atoms in total. The third kappa shape index (κ3) is 3.87. The van der Waals surface area contributed by atoms with Gasteiger partial charge in [-0.2, -0.15) is 5.26 Å². The van der Waals surface area contributed by atoms with Crippen molar-refractivity contribution in [2.24, 2.45) is 5.73 Å². The van der Waals surface area contributed by atoms with Crippen molar-refractivity contribution >= 4 is 0 Å². The number of allylic oxidation sites excluding steroid dienone is 1. The third-order valence-corrected chi connectivity index (χ3v) is 1.66. The number of nitrogens with one attached hydrogen (secondary N) is 1. The van der Waals surface area contributed by atoms with E-state index in [0.717, 1.165) is 19.4 Å². The topological polar surface area (TPSA) is 61.8 Å². The number of nitriles is 1. The molecule has 0 saturated carbocycles. The highest BCUT2D eigenvalue weighted by Crippen LogP contribution is 1.99. The molecule has 0 rings (SSSR count). The van der Waals surface area contributed by atoms with Gasteiger partial charge in [-0.05, 0) is 12.8 Å². The Kier molecular flexibility index (Phi) is 5.90. The lowest BCUT2D eigenvalue weighted by atomic mass is 10.2. The van der Waals surface area contributed by atoms with E-state index in [4.69, 9.17) is 11.0 Å². The predicted octanol–water partition coefficient (Wildman–Crippen LogP) is 1.48. The summed E-state index contributed by atoms with van der Waals surface area (Å²) in [5.74, 6) is 0.536. The van der Waals surface area contributed by atoms with E-state index in [1.165, 1.54) is 0 Å². The minimum Gasteiger partial charge on any atom is -0.385 e. The van der Waals surface area contributed by atoms with Crippen molar-refractivity contribution in [1.82, 2.24) is 5.32 Å². The molecule has 12 heavy (non-hydrogen) atoms. The second-order valence-electron chi connectivity index (χ2n) is 2.64. The second kappa shape index (κ2) is 6.53. The second-order valence-corrected chi connectivity index (χ2v) is 2.64. The zero-order chi connectivity index (χ0) is 9.40. The van der Waals surface area contributed by atoms with Crippen molar-refractivity contribution in [2.75, 3.05) is 6.54 Å². The number of rotatable bonds is 5. The summed E-state index contributed by atoms with van der Waals surface area (Å²) in [5, 5.41) is 11.6. The van der Waals surface area contributed by atoms with Gasteiger partial charge >= 0.3 is 0 Å². The fourth-order valence-electron chi connectivity index (χ4n) is 0.836. The standard InChI is InChI=1S/C9H17N3/c1-3-5-6-12-9(11)8(4-2)7-10/h12H,3-6,11H2,1-2H3/b9-8+. The molecular weight excluding hydrogens is 150 g/mol. The Morgan fingerprint density at radius 3 is 2.58 bits per heavy atom. The summed E-state index contributed by atoms with van der Waals surface area (Å²) < 4.78 is 0. The Hall–Kier alpha value is -1.17. The molecule has 0 aromatic rings. The summed E-state index contributed by atoms with van der Waals surface area (Å²) in [5.41, 5.74) is 6.27. The van der Waals surface area contributed by atoms with Gasteiger partial charge in [-0.15, -0.1) is 0 Å². The zero-order valence-electron chi connectivity index (χ0n) is 7.85. The van der Waals surface area contributed by atoms with Gasteiger partial charge in [-0.1, -0.05) is 20.3 Å². The summed E-state index contributed by atoms with van der Waals surface area (Å²) in [6.45, 7) is 4.90. The summed E-state index contributed by atoms with van der Waals surface area (Å²) in [4.78, 5) is 0. The van der Waals surface area contributed by atoms with Crippen molar-refractivity contribution in [3.05, 3.63) is 11.4 Å². The molecule has 68 valence electrons. The molecule has 0 aliphatic carbocycles. The molecule has 0 aromatic heterocycles. The molecule has 0 bridgehead atoms. The van der Waals surface area contributed by atoms with E-state index < -0.39 is 0 Å². The lowest BCUT2D eigenvalue weighted by molar-refractivity contribution is 0.699. The molecule has 0 amide bonds. The van der Waals surface area contributed by atoms with Crippen LogP contribution in [-0.4, -0.2) is 6.54 Å². The van der Waals surface area contributed by atoms with Gasteiger partial charge in [0.2, 0.25) is 0 Å². The predicted molar refractivity (Wildman–Crippen MR) is 50.0 cm³/mol. The van der Waals surface area contributed by atoms with E-state index in [1.807, 2.05) is 6.92 Å². The van der Waals surface area contributed by atoms with Gasteiger partial charge in [0.15, 0.2) is 0 Å². The molecule has 0 radical (unpaired) electrons. The highest BCUT2D eigenvalue weighted by Gasteiger charge is 1.97. The van der Waals surface area contributed by atoms with Gasteiger partial charge in [0.1, 0.15) is 5.82 Å². The number of hydrogen-bond acceptors (Lipinski definition) is 3. The molecule has 3 heteroatoms. The average Bonchev–Trinajstić information content (AvgIpc) is 2.07. The van der Waals surface area contributed by atoms with Crippen LogP contribution in [0, 0.1) is 11.3 Å². The molecule has 0 saturated heterocycles. The van der Waals surface area contributed by atoms with Crippen LogP contribution in [0.3, 0.4) is 0 Å². The van der Waals surface area contributed by atoms with Crippen LogP contribution in [-0.2, 0) is 0 Å². The smallest absolute Gasteiger partial charge is 0.110 e. The molecule has 0 unspecified atom stereocenters. The number of hydrogen-bond donors (Lipinski definition) is 2. The van der Waals surface area contributed by atoms with E-state index in [0.29, 0.717) is 17.8 Å². The van der Waals surface area contributed by atoms with E-state index in [1.54, 1.807) is 0 Å². The van der Waals surface area contributed by atoms with Crippen LogP contribution in [0.4, 0.5) is 0 Å². The van der Waals surface area contributed by atoms with Crippen LogP contribution in [0.25, 0.3) is 0 Å². The molecule has 0 aliphatic rings. The first-order valence-electron chi connectivity index (χ1n) is 4.38. The van der Waals surface area contributed by atoms with Gasteiger partial charge < -0.3 is 11.1 Å². The maximum Gasteiger partial charge on any atom is 0.110 e. The molecular formula is C9H17N3. The fraction of sp³-hybridized carbons (Fsp3) is 0.667. The zero-order valence-corrected chi connectivity index (χ0v) is 7.85. The van der Waals surface area contributed by atoms with Crippen molar-refractivity contribution < 1.29 is 0 Å². The maximum atomic E-state index is 8.63. The molecule has 0 atom stereocenters. The minimum absolute atomic E-state index is 0.536. The van der Waals surface area contributed by atoms with E-state index in [9.17, 15) is 0 Å². The Bertz CT molecular complexity index is 188. The third-order valence-electron chi connectivity index (χ3n) is 1.66. The van der Waals surface area contributed by atoms with Gasteiger partial charge in [-0.3, -0.25) is 0 Å². The summed E-state index contributed by atoms with van der Waals surface area (Å²) >= 11 is 0. The van der Waals surface area contributed by atoms with Crippen molar-refractivity contribution in [2.45, 2.75) is 33.1 Å². The minimum atomic E-state index is 0.536. The molecule has 0 fully saturated rings. The first-order valence-corrected chi connectivity index (χ1v) is 4.38. The first kappa shape index (κ1) is 10.8. The Morgan fingerprint density at radius 1 is 1.50 bits per heavy atom. The van der Waals surface area contributed by atoms with Crippen LogP contribution < -0.4 is 11.1 Å². The van der Waals surface area contributed by atoms with Crippen molar-refractivity contribution in [3.8, 4) is 6.07 Å². The maximum absolute atomic E-state index is 8.63. The lowest BCUT2D eigenvalue weighted by Crippen LogP contribution is -2.22. The van der Waals surface area contributed by atoms with Crippen molar-refractivity contribution in [1.29, 1.82) is 5.26 Å². The monoisotopic (exact) mass is 167 g/mol. The molecule has 0 aromatic carbocycles. The van der Waals surface area contributed by atoms with Crippen LogP contribution in [0.15, 0.2) is 11.4 Å². The summed E-state index contributed by atoms with van der Waals surface area (Å²) in [6.07, 6.45) is 2.92. The van der Waals surface area contributed by atoms with Crippen LogP contribution in [0.5, 0.6) is 0 Å². The first-order chi connectivity index (χ1) is 5.76. The fourth-order valence-corrected chi connectivity index (χ4v) is 0.836. The summed E-state index contributed by atoms with van der Waals surface area (Å²) in [6, 6.07) is 2.07. The molecule has 0 heterocycles. The molecule has 0 spiro atoms.